The lowest BCUT2D eigenvalue weighted by Crippen LogP contribution is -2.42. The lowest BCUT2D eigenvalue weighted by molar-refractivity contribution is -0.126. The fourth-order valence-corrected chi connectivity index (χ4v) is 2.64. The van der Waals surface area contributed by atoms with Gasteiger partial charge in [0.05, 0.1) is 6.04 Å². The Balaban J connectivity index is 0.00000200. The van der Waals surface area contributed by atoms with Crippen molar-refractivity contribution in [2.45, 2.75) is 45.7 Å². The molecular formula is C16H25ClN2O. The molecular weight excluding hydrogens is 272 g/mol. The first kappa shape index (κ1) is 17.0. The Morgan fingerprint density at radius 3 is 2.60 bits per heavy atom. The molecule has 1 heterocycles. The number of halogens is 1. The van der Waals surface area contributed by atoms with Gasteiger partial charge >= 0.3 is 0 Å². The summed E-state index contributed by atoms with van der Waals surface area (Å²) in [7, 11) is 0. The molecule has 1 aliphatic rings. The highest BCUT2D eigenvalue weighted by Crippen LogP contribution is 2.19. The fourth-order valence-electron chi connectivity index (χ4n) is 2.64. The van der Waals surface area contributed by atoms with Crippen LogP contribution in [0, 0.1) is 12.8 Å². The van der Waals surface area contributed by atoms with Gasteiger partial charge in [0.25, 0.3) is 0 Å². The molecule has 1 unspecified atom stereocenters. The molecule has 3 nitrogen and oxygen atoms in total. The van der Waals surface area contributed by atoms with E-state index in [9.17, 15) is 4.79 Å². The van der Waals surface area contributed by atoms with E-state index in [0.29, 0.717) is 6.04 Å². The smallest absolute Gasteiger partial charge is 0.223 e. The van der Waals surface area contributed by atoms with Crippen LogP contribution in [-0.2, 0) is 4.79 Å². The Hall–Kier alpha value is -1.06. The molecule has 0 bridgehead atoms. The molecule has 1 aromatic carbocycles. The van der Waals surface area contributed by atoms with Gasteiger partial charge in [-0.15, -0.1) is 12.4 Å². The van der Waals surface area contributed by atoms with Gasteiger partial charge in [-0.3, -0.25) is 4.79 Å². The maximum absolute atomic E-state index is 12.3. The maximum atomic E-state index is 12.3. The predicted molar refractivity (Wildman–Crippen MR) is 85.2 cm³/mol. The summed E-state index contributed by atoms with van der Waals surface area (Å²) in [5.74, 6) is 0.352. The van der Waals surface area contributed by atoms with Crippen molar-refractivity contribution in [2.24, 2.45) is 5.92 Å². The van der Waals surface area contributed by atoms with Crippen molar-refractivity contribution in [3.05, 3.63) is 35.4 Å². The minimum Gasteiger partial charge on any atom is -0.349 e. The molecule has 0 spiro atoms. The van der Waals surface area contributed by atoms with Crippen LogP contribution in [0.3, 0.4) is 0 Å². The van der Waals surface area contributed by atoms with Crippen molar-refractivity contribution in [2.75, 3.05) is 6.54 Å². The van der Waals surface area contributed by atoms with E-state index in [4.69, 9.17) is 0 Å². The molecule has 2 N–H and O–H groups in total. The van der Waals surface area contributed by atoms with Crippen molar-refractivity contribution in [1.82, 2.24) is 10.6 Å². The molecule has 2 rings (SSSR count). The number of carbonyl (C=O) groups is 1. The maximum Gasteiger partial charge on any atom is 0.223 e. The first-order valence-corrected chi connectivity index (χ1v) is 7.16. The van der Waals surface area contributed by atoms with E-state index in [1.807, 2.05) is 6.92 Å². The number of hydrogen-bond donors (Lipinski definition) is 2. The Morgan fingerprint density at radius 2 is 2.00 bits per heavy atom. The van der Waals surface area contributed by atoms with Crippen LogP contribution in [0.5, 0.6) is 0 Å². The summed E-state index contributed by atoms with van der Waals surface area (Å²) >= 11 is 0. The highest BCUT2D eigenvalue weighted by atomic mass is 35.5. The van der Waals surface area contributed by atoms with Gasteiger partial charge in [-0.05, 0) is 45.7 Å². The second-order valence-electron chi connectivity index (χ2n) is 5.72. The Morgan fingerprint density at radius 1 is 1.35 bits per heavy atom. The van der Waals surface area contributed by atoms with Crippen LogP contribution in [0.1, 0.15) is 43.9 Å². The molecule has 1 amide bonds. The van der Waals surface area contributed by atoms with Crippen LogP contribution < -0.4 is 10.6 Å². The molecule has 3 atom stereocenters. The fraction of sp³-hybridized carbons (Fsp3) is 0.562. The molecule has 0 radical (unpaired) electrons. The van der Waals surface area contributed by atoms with Gasteiger partial charge in [0, 0.05) is 12.0 Å². The van der Waals surface area contributed by atoms with Gasteiger partial charge in [0.1, 0.15) is 0 Å². The van der Waals surface area contributed by atoms with Gasteiger partial charge in [-0.2, -0.15) is 0 Å². The molecule has 1 fully saturated rings. The average molecular weight is 297 g/mol. The van der Waals surface area contributed by atoms with E-state index in [2.05, 4.69) is 48.7 Å². The predicted octanol–water partition coefficient (Wildman–Crippen LogP) is 2.98. The Bertz CT molecular complexity index is 433. The first-order valence-electron chi connectivity index (χ1n) is 7.16. The second-order valence-corrected chi connectivity index (χ2v) is 5.72. The standard InChI is InChI=1S/C16H24N2O.ClH/c1-11-4-6-14(7-5-11)13(3)18-16(19)15-8-9-17-12(2)10-15;/h4-7,12-13,15,17H,8-10H2,1-3H3,(H,18,19);1H/t12-,13?,15-;/m0./s1. The average Bonchev–Trinajstić information content (AvgIpc) is 2.39. The molecule has 112 valence electrons. The number of hydrogen-bond acceptors (Lipinski definition) is 2. The van der Waals surface area contributed by atoms with Gasteiger partial charge in [-0.1, -0.05) is 29.8 Å². The minimum atomic E-state index is 0. The van der Waals surface area contributed by atoms with Crippen LogP contribution in [-0.4, -0.2) is 18.5 Å². The van der Waals surface area contributed by atoms with Crippen molar-refractivity contribution >= 4 is 18.3 Å². The number of amides is 1. The molecule has 0 saturated carbocycles. The zero-order valence-corrected chi connectivity index (χ0v) is 13.3. The molecule has 1 aliphatic heterocycles. The summed E-state index contributed by atoms with van der Waals surface area (Å²) < 4.78 is 0. The van der Waals surface area contributed by atoms with E-state index < -0.39 is 0 Å². The summed E-state index contributed by atoms with van der Waals surface area (Å²) in [6.45, 7) is 7.21. The molecule has 4 heteroatoms. The summed E-state index contributed by atoms with van der Waals surface area (Å²) in [4.78, 5) is 12.3. The highest BCUT2D eigenvalue weighted by molar-refractivity contribution is 5.85. The third-order valence-corrected chi connectivity index (χ3v) is 3.93. The van der Waals surface area contributed by atoms with Crippen LogP contribution in [0.15, 0.2) is 24.3 Å². The van der Waals surface area contributed by atoms with Crippen LogP contribution in [0.2, 0.25) is 0 Å². The summed E-state index contributed by atoms with van der Waals surface area (Å²) in [6, 6.07) is 8.88. The van der Waals surface area contributed by atoms with E-state index in [0.717, 1.165) is 19.4 Å². The van der Waals surface area contributed by atoms with Crippen LogP contribution in [0.4, 0.5) is 0 Å². The normalized spacial score (nSPS) is 23.6. The number of aryl methyl sites for hydroxylation is 1. The second kappa shape index (κ2) is 7.65. The lowest BCUT2D eigenvalue weighted by atomic mass is 9.92. The largest absolute Gasteiger partial charge is 0.349 e. The van der Waals surface area contributed by atoms with E-state index in [1.54, 1.807) is 0 Å². The third kappa shape index (κ3) is 4.50. The molecule has 20 heavy (non-hydrogen) atoms. The zero-order valence-electron chi connectivity index (χ0n) is 12.5. The van der Waals surface area contributed by atoms with Gasteiger partial charge in [-0.25, -0.2) is 0 Å². The number of benzene rings is 1. The monoisotopic (exact) mass is 296 g/mol. The SMILES string of the molecule is Cc1ccc(C(C)NC(=O)[C@H]2CCN[C@@H](C)C2)cc1.Cl. The molecule has 0 aliphatic carbocycles. The van der Waals surface area contributed by atoms with Crippen molar-refractivity contribution in [3.8, 4) is 0 Å². The highest BCUT2D eigenvalue weighted by Gasteiger charge is 2.25. The zero-order chi connectivity index (χ0) is 13.8. The van der Waals surface area contributed by atoms with Gasteiger partial charge < -0.3 is 10.6 Å². The molecule has 1 aromatic rings. The third-order valence-electron chi connectivity index (χ3n) is 3.93. The van der Waals surface area contributed by atoms with Crippen molar-refractivity contribution in [1.29, 1.82) is 0 Å². The van der Waals surface area contributed by atoms with Crippen LogP contribution in [0.25, 0.3) is 0 Å². The van der Waals surface area contributed by atoms with Crippen molar-refractivity contribution in [3.63, 3.8) is 0 Å². The molecule has 1 saturated heterocycles. The first-order chi connectivity index (χ1) is 9.06. The van der Waals surface area contributed by atoms with E-state index in [1.165, 1.54) is 11.1 Å². The topological polar surface area (TPSA) is 41.1 Å². The molecule has 0 aromatic heterocycles. The van der Waals surface area contributed by atoms with Crippen LogP contribution >= 0.6 is 12.4 Å². The van der Waals surface area contributed by atoms with E-state index in [-0.39, 0.29) is 30.3 Å². The van der Waals surface area contributed by atoms with E-state index >= 15 is 0 Å². The van der Waals surface area contributed by atoms with Crippen molar-refractivity contribution < 1.29 is 4.79 Å². The lowest BCUT2D eigenvalue weighted by Gasteiger charge is -2.28. The number of piperidine rings is 1. The quantitative estimate of drug-likeness (QED) is 0.900. The Labute approximate surface area is 127 Å². The number of nitrogens with one attached hydrogen (secondary N) is 2. The number of carbonyl (C=O) groups excluding carboxylic acids is 1. The van der Waals surface area contributed by atoms with Gasteiger partial charge in [0.15, 0.2) is 0 Å². The number of rotatable bonds is 3. The van der Waals surface area contributed by atoms with Gasteiger partial charge in [0.2, 0.25) is 5.91 Å². The Kier molecular flexibility index (Phi) is 6.50. The summed E-state index contributed by atoms with van der Waals surface area (Å²) in [6.07, 6.45) is 1.88. The summed E-state index contributed by atoms with van der Waals surface area (Å²) in [5.41, 5.74) is 2.41. The minimum absolute atomic E-state index is 0. The summed E-state index contributed by atoms with van der Waals surface area (Å²) in [5, 5.41) is 6.52.